The molecule has 0 aliphatic carbocycles. The summed E-state index contributed by atoms with van der Waals surface area (Å²) in [6.07, 6.45) is 1.95. The molecule has 0 spiro atoms. The number of hydrogen-bond acceptors (Lipinski definition) is 5. The lowest BCUT2D eigenvalue weighted by Crippen LogP contribution is -2.41. The first-order valence-corrected chi connectivity index (χ1v) is 9.06. The minimum Gasteiger partial charge on any atom is -0.478 e. The third kappa shape index (κ3) is 4.98. The van der Waals surface area contributed by atoms with Crippen LogP contribution in [0.15, 0.2) is 40.8 Å². The third-order valence-electron chi connectivity index (χ3n) is 4.83. The summed E-state index contributed by atoms with van der Waals surface area (Å²) in [5.41, 5.74) is 1.34. The number of furan rings is 1. The zero-order chi connectivity index (χ0) is 20.1. The second kappa shape index (κ2) is 8.71. The summed E-state index contributed by atoms with van der Waals surface area (Å²) in [5, 5.41) is 20.6. The van der Waals surface area contributed by atoms with Crippen molar-refractivity contribution in [3.8, 4) is 0 Å². The van der Waals surface area contributed by atoms with Crippen LogP contribution in [0.1, 0.15) is 51.0 Å². The number of rotatable bonds is 7. The second-order valence-electron chi connectivity index (χ2n) is 6.85. The molecule has 1 atom stereocenters. The number of carbonyl (C=O) groups is 3. The van der Waals surface area contributed by atoms with Crippen LogP contribution in [0.2, 0.25) is 0 Å². The van der Waals surface area contributed by atoms with E-state index >= 15 is 0 Å². The van der Waals surface area contributed by atoms with Gasteiger partial charge in [-0.1, -0.05) is 12.1 Å². The number of carboxylic acid groups (broad SMARTS) is 2. The number of hydrogen-bond donors (Lipinski definition) is 3. The number of piperidine rings is 1. The highest BCUT2D eigenvalue weighted by Gasteiger charge is 2.23. The first kappa shape index (κ1) is 19.6. The van der Waals surface area contributed by atoms with E-state index in [2.05, 4.69) is 10.2 Å². The van der Waals surface area contributed by atoms with Crippen molar-refractivity contribution in [3.05, 3.63) is 59.0 Å². The van der Waals surface area contributed by atoms with Gasteiger partial charge in [0.2, 0.25) is 11.7 Å². The van der Waals surface area contributed by atoms with Crippen LogP contribution in [0.5, 0.6) is 0 Å². The molecule has 0 unspecified atom stereocenters. The Morgan fingerprint density at radius 3 is 2.46 bits per heavy atom. The minimum atomic E-state index is -1.15. The second-order valence-corrected chi connectivity index (χ2v) is 6.85. The molecule has 1 saturated heterocycles. The van der Waals surface area contributed by atoms with Gasteiger partial charge in [0.15, 0.2) is 0 Å². The van der Waals surface area contributed by atoms with E-state index in [1.165, 1.54) is 12.1 Å². The van der Waals surface area contributed by atoms with Crippen LogP contribution in [-0.2, 0) is 11.3 Å². The Morgan fingerprint density at radius 2 is 1.82 bits per heavy atom. The maximum atomic E-state index is 12.2. The van der Waals surface area contributed by atoms with E-state index in [0.29, 0.717) is 5.76 Å². The molecular formula is C20H22N2O6. The molecule has 8 nitrogen and oxygen atoms in total. The Kier molecular flexibility index (Phi) is 6.10. The van der Waals surface area contributed by atoms with Crippen molar-refractivity contribution >= 4 is 17.8 Å². The standard InChI is InChI=1S/C20H22N2O6/c23-18(21-10-16-7-8-17(28-16)20(26)27)12-22-9-1-2-15(11-22)13-3-5-14(6-4-13)19(24)25/h3-8,15H,1-2,9-12H2,(H,21,23)(H,24,25)(H,26,27)/t15-/m1/s1. The number of benzene rings is 1. The molecule has 0 bridgehead atoms. The first-order chi connectivity index (χ1) is 13.4. The van der Waals surface area contributed by atoms with Gasteiger partial charge in [-0.15, -0.1) is 0 Å². The molecule has 3 N–H and O–H groups in total. The average molecular weight is 386 g/mol. The number of carboxylic acids is 2. The van der Waals surface area contributed by atoms with E-state index in [9.17, 15) is 14.4 Å². The fourth-order valence-electron chi connectivity index (χ4n) is 3.40. The van der Waals surface area contributed by atoms with Crippen molar-refractivity contribution in [2.45, 2.75) is 25.3 Å². The Labute approximate surface area is 161 Å². The van der Waals surface area contributed by atoms with Crippen molar-refractivity contribution in [2.24, 2.45) is 0 Å². The number of nitrogens with one attached hydrogen (secondary N) is 1. The summed E-state index contributed by atoms with van der Waals surface area (Å²) in [7, 11) is 0. The molecule has 2 heterocycles. The quantitative estimate of drug-likeness (QED) is 0.667. The van der Waals surface area contributed by atoms with Gasteiger partial charge in [0.05, 0.1) is 18.7 Å². The lowest BCUT2D eigenvalue weighted by molar-refractivity contribution is -0.122. The SMILES string of the molecule is O=C(CN1CCC[C@@H](c2ccc(C(=O)O)cc2)C1)NCc1ccc(C(=O)O)o1. The maximum Gasteiger partial charge on any atom is 0.371 e. The van der Waals surface area contributed by atoms with Crippen LogP contribution in [0.25, 0.3) is 0 Å². The summed E-state index contributed by atoms with van der Waals surface area (Å²) in [5.74, 6) is -1.76. The average Bonchev–Trinajstić information content (AvgIpc) is 3.16. The van der Waals surface area contributed by atoms with Gasteiger partial charge in [-0.3, -0.25) is 9.69 Å². The Balaban J connectivity index is 1.50. The predicted molar refractivity (Wildman–Crippen MR) is 99.3 cm³/mol. The van der Waals surface area contributed by atoms with Crippen molar-refractivity contribution in [3.63, 3.8) is 0 Å². The van der Waals surface area contributed by atoms with Gasteiger partial charge >= 0.3 is 11.9 Å². The lowest BCUT2D eigenvalue weighted by atomic mass is 9.90. The molecule has 28 heavy (non-hydrogen) atoms. The number of nitrogens with zero attached hydrogens (tertiary/aromatic N) is 1. The van der Waals surface area contributed by atoms with Crippen molar-refractivity contribution in [2.75, 3.05) is 19.6 Å². The Hall–Kier alpha value is -3.13. The molecule has 1 fully saturated rings. The summed E-state index contributed by atoms with van der Waals surface area (Å²) >= 11 is 0. The normalized spacial score (nSPS) is 17.2. The van der Waals surface area contributed by atoms with Gasteiger partial charge in [0.25, 0.3) is 0 Å². The summed E-state index contributed by atoms with van der Waals surface area (Å²) < 4.78 is 5.12. The molecule has 1 aliphatic heterocycles. The largest absolute Gasteiger partial charge is 0.478 e. The minimum absolute atomic E-state index is 0.139. The maximum absolute atomic E-state index is 12.2. The van der Waals surface area contributed by atoms with Gasteiger partial charge in [-0.25, -0.2) is 9.59 Å². The van der Waals surface area contributed by atoms with E-state index in [0.717, 1.165) is 31.5 Å². The molecule has 8 heteroatoms. The van der Waals surface area contributed by atoms with Gasteiger partial charge in [0.1, 0.15) is 5.76 Å². The lowest BCUT2D eigenvalue weighted by Gasteiger charge is -2.32. The Bertz CT molecular complexity index is 858. The fraction of sp³-hybridized carbons (Fsp3) is 0.350. The van der Waals surface area contributed by atoms with E-state index in [1.807, 2.05) is 12.1 Å². The fourth-order valence-corrected chi connectivity index (χ4v) is 3.40. The van der Waals surface area contributed by atoms with Crippen molar-refractivity contribution in [1.82, 2.24) is 10.2 Å². The topological polar surface area (TPSA) is 120 Å². The monoisotopic (exact) mass is 386 g/mol. The van der Waals surface area contributed by atoms with Crippen LogP contribution in [0, 0.1) is 0 Å². The predicted octanol–water partition coefficient (Wildman–Crippen LogP) is 2.17. The van der Waals surface area contributed by atoms with Crippen LogP contribution < -0.4 is 5.32 Å². The molecule has 3 rings (SSSR count). The van der Waals surface area contributed by atoms with E-state index < -0.39 is 11.9 Å². The van der Waals surface area contributed by atoms with Gasteiger partial charge in [-0.2, -0.15) is 0 Å². The van der Waals surface area contributed by atoms with Crippen LogP contribution in [-0.4, -0.2) is 52.6 Å². The van der Waals surface area contributed by atoms with Crippen LogP contribution >= 0.6 is 0 Å². The van der Waals surface area contributed by atoms with Crippen LogP contribution in [0.4, 0.5) is 0 Å². The molecule has 0 radical (unpaired) electrons. The van der Waals surface area contributed by atoms with E-state index in [1.54, 1.807) is 12.1 Å². The molecule has 1 aromatic heterocycles. The molecular weight excluding hydrogens is 364 g/mol. The highest BCUT2D eigenvalue weighted by molar-refractivity contribution is 5.87. The zero-order valence-electron chi connectivity index (χ0n) is 15.3. The summed E-state index contributed by atoms with van der Waals surface area (Å²) in [6, 6.07) is 9.79. The highest BCUT2D eigenvalue weighted by Crippen LogP contribution is 2.27. The molecule has 0 saturated carbocycles. The first-order valence-electron chi connectivity index (χ1n) is 9.06. The molecule has 1 amide bonds. The molecule has 1 aromatic carbocycles. The number of amides is 1. The smallest absolute Gasteiger partial charge is 0.371 e. The Morgan fingerprint density at radius 1 is 1.07 bits per heavy atom. The molecule has 2 aromatic rings. The summed E-state index contributed by atoms with van der Waals surface area (Å²) in [6.45, 7) is 1.93. The van der Waals surface area contributed by atoms with E-state index in [4.69, 9.17) is 14.6 Å². The highest BCUT2D eigenvalue weighted by atomic mass is 16.4. The number of carbonyl (C=O) groups excluding carboxylic acids is 1. The number of aromatic carboxylic acids is 2. The van der Waals surface area contributed by atoms with Gasteiger partial charge in [-0.05, 0) is 55.1 Å². The number of likely N-dealkylation sites (tertiary alicyclic amines) is 1. The summed E-state index contributed by atoms with van der Waals surface area (Å²) in [4.78, 5) is 36.1. The zero-order valence-corrected chi connectivity index (χ0v) is 15.3. The third-order valence-corrected chi connectivity index (χ3v) is 4.83. The van der Waals surface area contributed by atoms with Crippen molar-refractivity contribution in [1.29, 1.82) is 0 Å². The van der Waals surface area contributed by atoms with Crippen molar-refractivity contribution < 1.29 is 29.0 Å². The molecule has 148 valence electrons. The van der Waals surface area contributed by atoms with Gasteiger partial charge in [0, 0.05) is 6.54 Å². The van der Waals surface area contributed by atoms with Crippen LogP contribution in [0.3, 0.4) is 0 Å². The van der Waals surface area contributed by atoms with E-state index in [-0.39, 0.29) is 36.2 Å². The van der Waals surface area contributed by atoms with Gasteiger partial charge < -0.3 is 19.9 Å². The molecule has 1 aliphatic rings.